The monoisotopic (exact) mass is 419 g/mol. The highest BCUT2D eigenvalue weighted by Gasteiger charge is 2.19. The van der Waals surface area contributed by atoms with E-state index >= 15 is 0 Å². The Morgan fingerprint density at radius 1 is 1.03 bits per heavy atom. The van der Waals surface area contributed by atoms with Crippen molar-refractivity contribution in [3.8, 4) is 17.5 Å². The number of tetrazole rings is 1. The number of carbonyl (C=O) groups excluding carboxylic acids is 1. The second-order valence-electron chi connectivity index (χ2n) is 7.24. The lowest BCUT2D eigenvalue weighted by Crippen LogP contribution is -2.18. The van der Waals surface area contributed by atoms with E-state index in [0.717, 1.165) is 16.5 Å². The fourth-order valence-electron chi connectivity index (χ4n) is 3.71. The van der Waals surface area contributed by atoms with Crippen molar-refractivity contribution in [2.24, 2.45) is 0 Å². The van der Waals surface area contributed by atoms with E-state index in [2.05, 4.69) is 32.0 Å². The molecule has 2 heterocycles. The lowest BCUT2D eigenvalue weighted by molar-refractivity contribution is 0.101. The maximum atomic E-state index is 13.4. The molecule has 0 fully saturated rings. The Labute approximate surface area is 183 Å². The van der Waals surface area contributed by atoms with E-state index in [0.29, 0.717) is 34.9 Å². The summed E-state index contributed by atoms with van der Waals surface area (Å²) in [6.45, 7) is 0.559. The predicted octanol–water partition coefficient (Wildman–Crippen LogP) is 3.99. The lowest BCUT2D eigenvalue weighted by Gasteiger charge is -2.13. The molecule has 0 spiro atoms. The van der Waals surface area contributed by atoms with Gasteiger partial charge in [-0.25, -0.2) is 5.10 Å². The van der Waals surface area contributed by atoms with Crippen molar-refractivity contribution in [1.82, 2.24) is 25.2 Å². The quantitative estimate of drug-likeness (QED) is 0.447. The van der Waals surface area contributed by atoms with Crippen LogP contribution in [0.25, 0.3) is 22.3 Å². The second kappa shape index (κ2) is 8.16. The van der Waals surface area contributed by atoms with Crippen LogP contribution in [0, 0.1) is 11.3 Å². The molecular weight excluding hydrogens is 402 g/mol. The highest BCUT2D eigenvalue weighted by molar-refractivity contribution is 6.08. The number of aromatic nitrogens is 5. The van der Waals surface area contributed by atoms with Gasteiger partial charge in [0.25, 0.3) is 5.91 Å². The van der Waals surface area contributed by atoms with Crippen LogP contribution in [0.2, 0.25) is 0 Å². The predicted molar refractivity (Wildman–Crippen MR) is 120 cm³/mol. The fraction of sp³-hybridized carbons (Fsp3) is 0.0417. The molecule has 5 aromatic rings. The number of hydrogen-bond donors (Lipinski definition) is 2. The van der Waals surface area contributed by atoms with Gasteiger partial charge in [0.1, 0.15) is 5.69 Å². The largest absolute Gasteiger partial charge is 0.332 e. The molecule has 0 saturated carbocycles. The molecular formula is C24H17N7O. The average Bonchev–Trinajstić information content (AvgIpc) is 3.49. The Kier molecular flexibility index (Phi) is 4.90. The fourth-order valence-corrected chi connectivity index (χ4v) is 3.71. The highest BCUT2D eigenvalue weighted by atomic mass is 16.2. The summed E-state index contributed by atoms with van der Waals surface area (Å²) < 4.78 is 2.00. The first-order valence-electron chi connectivity index (χ1n) is 9.95. The number of nitrogens with zero attached hydrogens (tertiary/aromatic N) is 5. The molecule has 8 nitrogen and oxygen atoms in total. The van der Waals surface area contributed by atoms with Gasteiger partial charge in [0, 0.05) is 23.0 Å². The first-order valence-corrected chi connectivity index (χ1v) is 9.95. The van der Waals surface area contributed by atoms with Crippen LogP contribution in [0.3, 0.4) is 0 Å². The summed E-state index contributed by atoms with van der Waals surface area (Å²) >= 11 is 0. The van der Waals surface area contributed by atoms with Gasteiger partial charge in [0.05, 0.1) is 17.3 Å². The topological polar surface area (TPSA) is 112 Å². The van der Waals surface area contributed by atoms with E-state index in [1.165, 1.54) is 0 Å². The first-order chi connectivity index (χ1) is 15.7. The van der Waals surface area contributed by atoms with Crippen molar-refractivity contribution >= 4 is 22.5 Å². The number of benzene rings is 3. The first kappa shape index (κ1) is 19.2. The molecule has 32 heavy (non-hydrogen) atoms. The Hall–Kier alpha value is -4.77. The van der Waals surface area contributed by atoms with Gasteiger partial charge >= 0.3 is 0 Å². The van der Waals surface area contributed by atoms with Crippen LogP contribution >= 0.6 is 0 Å². The average molecular weight is 419 g/mol. The summed E-state index contributed by atoms with van der Waals surface area (Å²) in [6.07, 6.45) is 0. The maximum absolute atomic E-state index is 13.4. The van der Waals surface area contributed by atoms with Crippen molar-refractivity contribution in [2.45, 2.75) is 6.54 Å². The Balaban J connectivity index is 1.55. The summed E-state index contributed by atoms with van der Waals surface area (Å²) in [7, 11) is 0. The Morgan fingerprint density at radius 3 is 2.62 bits per heavy atom. The van der Waals surface area contributed by atoms with E-state index in [4.69, 9.17) is 0 Å². The minimum Gasteiger partial charge on any atom is -0.332 e. The molecule has 0 aliphatic carbocycles. The van der Waals surface area contributed by atoms with Gasteiger partial charge in [-0.15, -0.1) is 5.10 Å². The summed E-state index contributed by atoms with van der Waals surface area (Å²) in [6, 6.07) is 26.8. The standard InChI is InChI=1S/C24H17N7O/c25-14-17-10-11-20(19(12-17)23-27-29-30-28-23)26-24(32)22-13-18-8-4-5-9-21(18)31(22)15-16-6-2-1-3-7-16/h1-13H,15H2,(H,26,32)(H,27,28,29,30). The molecule has 1 amide bonds. The van der Waals surface area contributed by atoms with Crippen molar-refractivity contribution in [3.63, 3.8) is 0 Å². The van der Waals surface area contributed by atoms with Gasteiger partial charge in [-0.1, -0.05) is 48.5 Å². The number of anilines is 1. The van der Waals surface area contributed by atoms with Gasteiger partial charge in [-0.05, 0) is 46.3 Å². The number of H-pyrrole nitrogens is 1. The number of carbonyl (C=O) groups is 1. The Morgan fingerprint density at radius 2 is 1.84 bits per heavy atom. The van der Waals surface area contributed by atoms with Crippen LogP contribution < -0.4 is 5.32 Å². The molecule has 2 N–H and O–H groups in total. The lowest BCUT2D eigenvalue weighted by atomic mass is 10.1. The number of nitriles is 1. The second-order valence-corrected chi connectivity index (χ2v) is 7.24. The Bertz CT molecular complexity index is 1450. The number of amides is 1. The summed E-state index contributed by atoms with van der Waals surface area (Å²) in [5.74, 6) is 0.0952. The number of fused-ring (bicyclic) bond motifs is 1. The zero-order valence-electron chi connectivity index (χ0n) is 16.9. The van der Waals surface area contributed by atoms with Gasteiger partial charge in [0.2, 0.25) is 0 Å². The molecule has 3 aromatic carbocycles. The third-order valence-electron chi connectivity index (χ3n) is 5.22. The molecule has 0 aliphatic heterocycles. The van der Waals surface area contributed by atoms with Crippen LogP contribution in [0.1, 0.15) is 21.6 Å². The summed E-state index contributed by atoms with van der Waals surface area (Å²) in [4.78, 5) is 13.4. The van der Waals surface area contributed by atoms with E-state index in [9.17, 15) is 10.1 Å². The maximum Gasteiger partial charge on any atom is 0.272 e. The molecule has 0 aliphatic rings. The third kappa shape index (κ3) is 3.59. The van der Waals surface area contributed by atoms with Gasteiger partial charge in [0.15, 0.2) is 5.82 Å². The van der Waals surface area contributed by atoms with Crippen LogP contribution in [0.4, 0.5) is 5.69 Å². The molecule has 154 valence electrons. The van der Waals surface area contributed by atoms with Crippen LogP contribution in [0.15, 0.2) is 78.9 Å². The minimum atomic E-state index is -0.268. The van der Waals surface area contributed by atoms with Gasteiger partial charge in [-0.3, -0.25) is 4.79 Å². The molecule has 2 aromatic heterocycles. The number of rotatable bonds is 5. The number of nitrogens with one attached hydrogen (secondary N) is 2. The molecule has 0 atom stereocenters. The van der Waals surface area contributed by atoms with Crippen molar-refractivity contribution in [1.29, 1.82) is 5.26 Å². The normalized spacial score (nSPS) is 10.7. The van der Waals surface area contributed by atoms with E-state index in [1.54, 1.807) is 18.2 Å². The van der Waals surface area contributed by atoms with Crippen LogP contribution in [-0.2, 0) is 6.54 Å². The van der Waals surface area contributed by atoms with E-state index < -0.39 is 0 Å². The molecule has 5 rings (SSSR count). The number of para-hydroxylation sites is 1. The van der Waals surface area contributed by atoms with Crippen molar-refractivity contribution < 1.29 is 4.79 Å². The summed E-state index contributed by atoms with van der Waals surface area (Å²) in [5.41, 5.74) is 4.07. The zero-order chi connectivity index (χ0) is 21.9. The molecule has 0 radical (unpaired) electrons. The molecule has 0 bridgehead atoms. The van der Waals surface area contributed by atoms with Gasteiger partial charge < -0.3 is 9.88 Å². The zero-order valence-corrected chi connectivity index (χ0v) is 16.9. The van der Waals surface area contributed by atoms with Crippen LogP contribution in [0.5, 0.6) is 0 Å². The van der Waals surface area contributed by atoms with E-state index in [-0.39, 0.29) is 5.91 Å². The smallest absolute Gasteiger partial charge is 0.272 e. The molecule has 0 unspecified atom stereocenters. The van der Waals surface area contributed by atoms with Gasteiger partial charge in [-0.2, -0.15) is 5.26 Å². The minimum absolute atomic E-state index is 0.268. The molecule has 0 saturated heterocycles. The van der Waals surface area contributed by atoms with E-state index in [1.807, 2.05) is 65.2 Å². The highest BCUT2D eigenvalue weighted by Crippen LogP contribution is 2.28. The summed E-state index contributed by atoms with van der Waals surface area (Å²) in [5, 5.41) is 27.0. The van der Waals surface area contributed by atoms with Crippen molar-refractivity contribution in [2.75, 3.05) is 5.32 Å². The molecule has 8 heteroatoms. The van der Waals surface area contributed by atoms with Crippen LogP contribution in [-0.4, -0.2) is 31.1 Å². The number of aromatic amines is 1. The third-order valence-corrected chi connectivity index (χ3v) is 5.22. The number of hydrogen-bond acceptors (Lipinski definition) is 5. The van der Waals surface area contributed by atoms with Crippen molar-refractivity contribution in [3.05, 3.63) is 95.7 Å². The SMILES string of the molecule is N#Cc1ccc(NC(=O)c2cc3ccccc3n2Cc2ccccc2)c(-c2nnn[nH]2)c1.